The first kappa shape index (κ1) is 11.9. The molecule has 1 aliphatic rings. The third kappa shape index (κ3) is 2.65. The van der Waals surface area contributed by atoms with Gasteiger partial charge in [0, 0.05) is 17.7 Å². The van der Waals surface area contributed by atoms with Crippen LogP contribution in [0, 0.1) is 5.82 Å². The summed E-state index contributed by atoms with van der Waals surface area (Å²) in [6.07, 6.45) is 3.84. The highest BCUT2D eigenvalue weighted by Gasteiger charge is 2.21. The molecule has 1 aromatic heterocycles. The number of rotatable bonds is 4. The Balaban J connectivity index is 1.89. The number of aromatic nitrogens is 2. The Labute approximate surface area is 110 Å². The maximum atomic E-state index is 13.7. The van der Waals surface area contributed by atoms with E-state index in [2.05, 4.69) is 15.3 Å². The fourth-order valence-corrected chi connectivity index (χ4v) is 1.86. The van der Waals surface area contributed by atoms with Crippen LogP contribution in [0.3, 0.4) is 0 Å². The Kier molecular flexibility index (Phi) is 3.03. The molecule has 1 heterocycles. The minimum Gasteiger partial charge on any atom is -0.494 e. The van der Waals surface area contributed by atoms with Crippen LogP contribution in [0.15, 0.2) is 30.6 Å². The van der Waals surface area contributed by atoms with E-state index >= 15 is 0 Å². The van der Waals surface area contributed by atoms with Gasteiger partial charge in [0.1, 0.15) is 12.1 Å². The normalized spacial score (nSPS) is 14.2. The number of nitrogens with zero attached hydrogens (tertiary/aromatic N) is 2. The molecule has 98 valence electrons. The third-order valence-corrected chi connectivity index (χ3v) is 3.04. The topological polar surface area (TPSA) is 47.0 Å². The fraction of sp³-hybridized carbons (Fsp3) is 0.286. The summed E-state index contributed by atoms with van der Waals surface area (Å²) in [5.41, 5.74) is 1.40. The van der Waals surface area contributed by atoms with Crippen molar-refractivity contribution in [2.45, 2.75) is 18.9 Å². The SMILES string of the molecule is COc1ccc(-c2cc(NC3CC3)ncn2)cc1F. The zero-order chi connectivity index (χ0) is 13.2. The Bertz CT molecular complexity index is 599. The molecule has 0 amide bonds. The molecule has 1 aromatic carbocycles. The average Bonchev–Trinajstić information content (AvgIpc) is 3.23. The van der Waals surface area contributed by atoms with Gasteiger partial charge < -0.3 is 10.1 Å². The van der Waals surface area contributed by atoms with Gasteiger partial charge in [-0.1, -0.05) is 0 Å². The van der Waals surface area contributed by atoms with Crippen molar-refractivity contribution >= 4 is 5.82 Å². The molecule has 0 atom stereocenters. The van der Waals surface area contributed by atoms with Crippen molar-refractivity contribution in [3.05, 3.63) is 36.4 Å². The standard InChI is InChI=1S/C14H14FN3O/c1-19-13-5-2-9(6-11(13)15)12-7-14(17-8-16-12)18-10-3-4-10/h2,5-8,10H,3-4H2,1H3,(H,16,17,18). The van der Waals surface area contributed by atoms with Crippen LogP contribution in [0.1, 0.15) is 12.8 Å². The van der Waals surface area contributed by atoms with Crippen molar-refractivity contribution < 1.29 is 9.13 Å². The first-order chi connectivity index (χ1) is 9.26. The second kappa shape index (κ2) is 4.84. The van der Waals surface area contributed by atoms with E-state index in [4.69, 9.17) is 4.74 Å². The zero-order valence-corrected chi connectivity index (χ0v) is 10.6. The number of methoxy groups -OCH3 is 1. The van der Waals surface area contributed by atoms with Gasteiger partial charge >= 0.3 is 0 Å². The molecule has 3 rings (SSSR count). The largest absolute Gasteiger partial charge is 0.494 e. The highest BCUT2D eigenvalue weighted by Crippen LogP contribution is 2.27. The van der Waals surface area contributed by atoms with Crippen LogP contribution in [0.5, 0.6) is 5.75 Å². The molecule has 0 saturated heterocycles. The first-order valence-corrected chi connectivity index (χ1v) is 6.19. The molecule has 0 radical (unpaired) electrons. The smallest absolute Gasteiger partial charge is 0.165 e. The Morgan fingerprint density at radius 1 is 1.26 bits per heavy atom. The molecule has 1 aliphatic carbocycles. The molecule has 0 spiro atoms. The highest BCUT2D eigenvalue weighted by molar-refractivity contribution is 5.63. The Morgan fingerprint density at radius 2 is 2.11 bits per heavy atom. The summed E-state index contributed by atoms with van der Waals surface area (Å²) in [4.78, 5) is 8.34. The fourth-order valence-electron chi connectivity index (χ4n) is 1.86. The van der Waals surface area contributed by atoms with Crippen LogP contribution < -0.4 is 10.1 Å². The summed E-state index contributed by atoms with van der Waals surface area (Å²) in [6, 6.07) is 7.16. The van der Waals surface area contributed by atoms with E-state index in [1.54, 1.807) is 12.1 Å². The lowest BCUT2D eigenvalue weighted by molar-refractivity contribution is 0.386. The summed E-state index contributed by atoms with van der Waals surface area (Å²) in [5, 5.41) is 3.29. The molecule has 1 saturated carbocycles. The van der Waals surface area contributed by atoms with Crippen LogP contribution in [0.4, 0.5) is 10.2 Å². The number of hydrogen-bond acceptors (Lipinski definition) is 4. The third-order valence-electron chi connectivity index (χ3n) is 3.04. The predicted molar refractivity (Wildman–Crippen MR) is 70.6 cm³/mol. The summed E-state index contributed by atoms with van der Waals surface area (Å²) in [7, 11) is 1.44. The zero-order valence-electron chi connectivity index (χ0n) is 10.6. The molecular weight excluding hydrogens is 245 g/mol. The van der Waals surface area contributed by atoms with Crippen LogP contribution in [-0.4, -0.2) is 23.1 Å². The van der Waals surface area contributed by atoms with Crippen molar-refractivity contribution in [3.8, 4) is 17.0 Å². The van der Waals surface area contributed by atoms with Crippen molar-refractivity contribution in [1.29, 1.82) is 0 Å². The number of nitrogens with one attached hydrogen (secondary N) is 1. The van der Waals surface area contributed by atoms with Gasteiger partial charge in [-0.05, 0) is 31.0 Å². The average molecular weight is 259 g/mol. The van der Waals surface area contributed by atoms with Gasteiger partial charge in [0.15, 0.2) is 11.6 Å². The molecule has 19 heavy (non-hydrogen) atoms. The second-order valence-corrected chi connectivity index (χ2v) is 4.56. The van der Waals surface area contributed by atoms with Crippen LogP contribution in [0.2, 0.25) is 0 Å². The number of halogens is 1. The van der Waals surface area contributed by atoms with E-state index in [-0.39, 0.29) is 5.75 Å². The second-order valence-electron chi connectivity index (χ2n) is 4.56. The van der Waals surface area contributed by atoms with E-state index in [0.29, 0.717) is 17.3 Å². The van der Waals surface area contributed by atoms with Gasteiger partial charge in [-0.3, -0.25) is 0 Å². The maximum absolute atomic E-state index is 13.7. The van der Waals surface area contributed by atoms with Gasteiger partial charge in [0.25, 0.3) is 0 Å². The summed E-state index contributed by atoms with van der Waals surface area (Å²) >= 11 is 0. The summed E-state index contributed by atoms with van der Waals surface area (Å²) < 4.78 is 18.6. The van der Waals surface area contributed by atoms with Gasteiger partial charge in [-0.25, -0.2) is 14.4 Å². The van der Waals surface area contributed by atoms with E-state index in [1.807, 2.05) is 6.07 Å². The molecule has 4 nitrogen and oxygen atoms in total. The van der Waals surface area contributed by atoms with E-state index < -0.39 is 5.82 Å². The van der Waals surface area contributed by atoms with Crippen molar-refractivity contribution in [2.75, 3.05) is 12.4 Å². The summed E-state index contributed by atoms with van der Waals surface area (Å²) in [6.45, 7) is 0. The molecule has 0 unspecified atom stereocenters. The minimum absolute atomic E-state index is 0.231. The number of anilines is 1. The minimum atomic E-state index is -0.393. The lowest BCUT2D eigenvalue weighted by Gasteiger charge is -2.07. The van der Waals surface area contributed by atoms with Crippen molar-refractivity contribution in [1.82, 2.24) is 9.97 Å². The lowest BCUT2D eigenvalue weighted by Crippen LogP contribution is -2.03. The number of hydrogen-bond donors (Lipinski definition) is 1. The predicted octanol–water partition coefficient (Wildman–Crippen LogP) is 2.87. The van der Waals surface area contributed by atoms with Crippen LogP contribution in [-0.2, 0) is 0 Å². The van der Waals surface area contributed by atoms with E-state index in [9.17, 15) is 4.39 Å². The van der Waals surface area contributed by atoms with E-state index in [1.165, 1.54) is 32.3 Å². The van der Waals surface area contributed by atoms with Gasteiger partial charge in [0.05, 0.1) is 12.8 Å². The quantitative estimate of drug-likeness (QED) is 0.917. The van der Waals surface area contributed by atoms with Gasteiger partial charge in [-0.2, -0.15) is 0 Å². The monoisotopic (exact) mass is 259 g/mol. The molecule has 2 aromatic rings. The Morgan fingerprint density at radius 3 is 2.79 bits per heavy atom. The van der Waals surface area contributed by atoms with Gasteiger partial charge in [0.2, 0.25) is 0 Å². The van der Waals surface area contributed by atoms with Crippen LogP contribution >= 0.6 is 0 Å². The number of benzene rings is 1. The molecular formula is C14H14FN3O. The molecule has 0 aliphatic heterocycles. The highest BCUT2D eigenvalue weighted by atomic mass is 19.1. The Hall–Kier alpha value is -2.17. The van der Waals surface area contributed by atoms with Crippen LogP contribution in [0.25, 0.3) is 11.3 Å². The van der Waals surface area contributed by atoms with Gasteiger partial charge in [-0.15, -0.1) is 0 Å². The molecule has 1 N–H and O–H groups in total. The molecule has 0 bridgehead atoms. The first-order valence-electron chi connectivity index (χ1n) is 6.19. The lowest BCUT2D eigenvalue weighted by atomic mass is 10.1. The van der Waals surface area contributed by atoms with Crippen molar-refractivity contribution in [2.24, 2.45) is 0 Å². The van der Waals surface area contributed by atoms with Crippen molar-refractivity contribution in [3.63, 3.8) is 0 Å². The van der Waals surface area contributed by atoms with E-state index in [0.717, 1.165) is 5.82 Å². The summed E-state index contributed by atoms with van der Waals surface area (Å²) in [5.74, 6) is 0.619. The molecule has 1 fully saturated rings. The molecule has 5 heteroatoms. The maximum Gasteiger partial charge on any atom is 0.165 e. The number of ether oxygens (including phenoxy) is 1.